The molecular formula is C42H34N4. The van der Waals surface area contributed by atoms with Crippen molar-refractivity contribution in [1.82, 2.24) is 9.88 Å². The molecule has 0 saturated carbocycles. The van der Waals surface area contributed by atoms with E-state index in [-0.39, 0.29) is 6.04 Å². The van der Waals surface area contributed by atoms with Gasteiger partial charge in [0.05, 0.1) is 17.1 Å². The lowest BCUT2D eigenvalue weighted by atomic mass is 9.93. The summed E-state index contributed by atoms with van der Waals surface area (Å²) in [6.45, 7) is 0.431. The molecule has 1 aliphatic rings. The fourth-order valence-corrected chi connectivity index (χ4v) is 6.56. The van der Waals surface area contributed by atoms with Crippen molar-refractivity contribution in [3.05, 3.63) is 186 Å². The van der Waals surface area contributed by atoms with E-state index < -0.39 is 0 Å². The summed E-state index contributed by atoms with van der Waals surface area (Å²) in [6.07, 6.45) is 4.59. The Morgan fingerprint density at radius 3 is 2.09 bits per heavy atom. The number of para-hydroxylation sites is 2. The predicted octanol–water partition coefficient (Wildman–Crippen LogP) is 9.75. The fourth-order valence-electron chi connectivity index (χ4n) is 6.56. The summed E-state index contributed by atoms with van der Waals surface area (Å²) in [4.78, 5) is 0. The number of nitrogens with two attached hydrogens (primary N) is 1. The monoisotopic (exact) mass is 594 g/mol. The van der Waals surface area contributed by atoms with Gasteiger partial charge in [0.1, 0.15) is 0 Å². The molecule has 0 spiro atoms. The molecule has 8 rings (SSSR count). The smallest absolute Gasteiger partial charge is 0.0707 e. The minimum absolute atomic E-state index is 0.00951. The normalized spacial score (nSPS) is 14.5. The van der Waals surface area contributed by atoms with Gasteiger partial charge in [-0.25, -0.2) is 0 Å². The first-order valence-corrected chi connectivity index (χ1v) is 15.7. The predicted molar refractivity (Wildman–Crippen MR) is 193 cm³/mol. The first-order valence-electron chi connectivity index (χ1n) is 15.7. The molecular weight excluding hydrogens is 560 g/mol. The van der Waals surface area contributed by atoms with Crippen LogP contribution in [0.5, 0.6) is 0 Å². The van der Waals surface area contributed by atoms with E-state index in [2.05, 4.69) is 161 Å². The van der Waals surface area contributed by atoms with Gasteiger partial charge in [0.25, 0.3) is 0 Å². The van der Waals surface area contributed by atoms with E-state index in [1.54, 1.807) is 0 Å². The average molecular weight is 595 g/mol. The van der Waals surface area contributed by atoms with Crippen LogP contribution < -0.4 is 16.4 Å². The standard InChI is InChI=1S/C42H34N4/c43-28-33-26-42-37(27-40(33)44-34-18-8-3-9-19-34)36-21-10-11-22-41(36)46(42)35-20-12-17-31(23-35)39-25-32(29-13-4-1-5-14-29)24-38(45-39)30-15-6-2-7-16-30/h1-27,39,44-45H,28,43H2. The fraction of sp³-hybridized carbons (Fsp3) is 0.0476. The Labute approximate surface area is 269 Å². The van der Waals surface area contributed by atoms with Crippen molar-refractivity contribution in [2.75, 3.05) is 5.32 Å². The molecule has 1 aliphatic heterocycles. The van der Waals surface area contributed by atoms with Gasteiger partial charge in [0.2, 0.25) is 0 Å². The number of hydrogen-bond donors (Lipinski definition) is 3. The summed E-state index contributed by atoms with van der Waals surface area (Å²) >= 11 is 0. The third kappa shape index (κ3) is 5.15. The molecule has 2 heterocycles. The van der Waals surface area contributed by atoms with Gasteiger partial charge in [-0.2, -0.15) is 0 Å². The molecule has 1 unspecified atom stereocenters. The van der Waals surface area contributed by atoms with Crippen LogP contribution in [0.1, 0.15) is 28.3 Å². The van der Waals surface area contributed by atoms with Crippen LogP contribution >= 0.6 is 0 Å². The van der Waals surface area contributed by atoms with Crippen LogP contribution in [-0.2, 0) is 6.54 Å². The van der Waals surface area contributed by atoms with E-state index in [0.717, 1.165) is 39.4 Å². The zero-order valence-corrected chi connectivity index (χ0v) is 25.4. The lowest BCUT2D eigenvalue weighted by molar-refractivity contribution is 0.766. The molecule has 0 bridgehead atoms. The molecule has 4 heteroatoms. The van der Waals surface area contributed by atoms with E-state index >= 15 is 0 Å². The highest BCUT2D eigenvalue weighted by Crippen LogP contribution is 2.38. The highest BCUT2D eigenvalue weighted by Gasteiger charge is 2.20. The van der Waals surface area contributed by atoms with E-state index in [4.69, 9.17) is 5.73 Å². The number of fused-ring (bicyclic) bond motifs is 3. The second-order valence-corrected chi connectivity index (χ2v) is 11.7. The van der Waals surface area contributed by atoms with Gasteiger partial charge in [-0.3, -0.25) is 0 Å². The molecule has 0 saturated heterocycles. The zero-order valence-electron chi connectivity index (χ0n) is 25.4. The third-order valence-electron chi connectivity index (χ3n) is 8.81. The third-order valence-corrected chi connectivity index (χ3v) is 8.81. The number of allylic oxidation sites excluding steroid dienone is 2. The van der Waals surface area contributed by atoms with Crippen molar-refractivity contribution >= 4 is 44.5 Å². The minimum atomic E-state index is -0.00951. The number of aromatic nitrogens is 1. The molecule has 4 N–H and O–H groups in total. The van der Waals surface area contributed by atoms with Crippen LogP contribution in [0.4, 0.5) is 11.4 Å². The van der Waals surface area contributed by atoms with Gasteiger partial charge in [-0.05, 0) is 82.4 Å². The second kappa shape index (κ2) is 11.9. The summed E-state index contributed by atoms with van der Waals surface area (Å²) in [6, 6.07) is 53.5. The zero-order chi connectivity index (χ0) is 30.9. The molecule has 46 heavy (non-hydrogen) atoms. The number of rotatable bonds is 7. The van der Waals surface area contributed by atoms with Crippen molar-refractivity contribution in [2.45, 2.75) is 12.6 Å². The van der Waals surface area contributed by atoms with E-state index in [9.17, 15) is 0 Å². The SMILES string of the molecule is NCc1cc2c(cc1Nc1ccccc1)c1ccccc1n2-c1cccc(C2C=C(c3ccccc3)C=C(c3ccccc3)N2)c1. The van der Waals surface area contributed by atoms with Gasteiger partial charge in [-0.1, -0.05) is 109 Å². The summed E-state index contributed by atoms with van der Waals surface area (Å²) in [5, 5.41) is 9.83. The molecule has 0 aliphatic carbocycles. The molecule has 1 atom stereocenters. The molecule has 0 amide bonds. The molecule has 222 valence electrons. The lowest BCUT2D eigenvalue weighted by Crippen LogP contribution is -2.22. The average Bonchev–Trinajstić information content (AvgIpc) is 3.45. The van der Waals surface area contributed by atoms with E-state index in [0.29, 0.717) is 6.54 Å². The van der Waals surface area contributed by atoms with Crippen LogP contribution in [-0.4, -0.2) is 4.57 Å². The molecule has 4 nitrogen and oxygen atoms in total. The summed E-state index contributed by atoms with van der Waals surface area (Å²) < 4.78 is 2.37. The highest BCUT2D eigenvalue weighted by molar-refractivity contribution is 6.10. The van der Waals surface area contributed by atoms with Crippen molar-refractivity contribution in [1.29, 1.82) is 0 Å². The Balaban J connectivity index is 1.25. The highest BCUT2D eigenvalue weighted by atomic mass is 15.0. The summed E-state index contributed by atoms with van der Waals surface area (Å²) in [5.41, 5.74) is 18.8. The summed E-state index contributed by atoms with van der Waals surface area (Å²) in [7, 11) is 0. The maximum absolute atomic E-state index is 6.35. The Morgan fingerprint density at radius 2 is 1.33 bits per heavy atom. The van der Waals surface area contributed by atoms with Gasteiger partial charge in [0.15, 0.2) is 0 Å². The quantitative estimate of drug-likeness (QED) is 0.172. The van der Waals surface area contributed by atoms with Gasteiger partial charge < -0.3 is 20.9 Å². The van der Waals surface area contributed by atoms with Crippen LogP contribution in [0.15, 0.2) is 164 Å². The van der Waals surface area contributed by atoms with Crippen LogP contribution in [0.3, 0.4) is 0 Å². The first kappa shape index (κ1) is 27.7. The van der Waals surface area contributed by atoms with E-state index in [1.807, 2.05) is 18.2 Å². The van der Waals surface area contributed by atoms with Crippen LogP contribution in [0.2, 0.25) is 0 Å². The van der Waals surface area contributed by atoms with Gasteiger partial charge in [-0.15, -0.1) is 0 Å². The minimum Gasteiger partial charge on any atom is -0.374 e. The van der Waals surface area contributed by atoms with Crippen LogP contribution in [0, 0.1) is 0 Å². The molecule has 0 radical (unpaired) electrons. The first-order chi connectivity index (χ1) is 22.7. The number of nitrogens with one attached hydrogen (secondary N) is 2. The Morgan fingerprint density at radius 1 is 0.630 bits per heavy atom. The van der Waals surface area contributed by atoms with Crippen LogP contribution in [0.25, 0.3) is 38.8 Å². The molecule has 0 fully saturated rings. The van der Waals surface area contributed by atoms with Gasteiger partial charge >= 0.3 is 0 Å². The Kier molecular flexibility index (Phi) is 7.18. The second-order valence-electron chi connectivity index (χ2n) is 11.7. The Bertz CT molecular complexity index is 2230. The lowest BCUT2D eigenvalue weighted by Gasteiger charge is -2.26. The maximum atomic E-state index is 6.35. The number of nitrogens with zero attached hydrogens (tertiary/aromatic N) is 1. The summed E-state index contributed by atoms with van der Waals surface area (Å²) in [5.74, 6) is 0. The molecule has 7 aromatic rings. The van der Waals surface area contributed by atoms with Crippen molar-refractivity contribution < 1.29 is 0 Å². The Hall–Kier alpha value is -5.84. The topological polar surface area (TPSA) is 55.0 Å². The van der Waals surface area contributed by atoms with Gasteiger partial charge in [0, 0.05) is 40.1 Å². The number of dihydropyridines is 1. The van der Waals surface area contributed by atoms with Crippen molar-refractivity contribution in [3.8, 4) is 5.69 Å². The number of benzene rings is 6. The van der Waals surface area contributed by atoms with Crippen molar-refractivity contribution in [3.63, 3.8) is 0 Å². The maximum Gasteiger partial charge on any atom is 0.0707 e. The largest absolute Gasteiger partial charge is 0.374 e. The number of anilines is 2. The molecule has 6 aromatic carbocycles. The van der Waals surface area contributed by atoms with Crippen molar-refractivity contribution in [2.24, 2.45) is 5.73 Å². The molecule has 1 aromatic heterocycles. The van der Waals surface area contributed by atoms with E-state index in [1.165, 1.54) is 33.0 Å². The number of hydrogen-bond acceptors (Lipinski definition) is 3.